The Balaban J connectivity index is 2.22. The number of rotatable bonds is 5. The summed E-state index contributed by atoms with van der Waals surface area (Å²) in [5.41, 5.74) is 7.78. The summed E-state index contributed by atoms with van der Waals surface area (Å²) in [7, 11) is 0. The van der Waals surface area contributed by atoms with Gasteiger partial charge in [-0.15, -0.1) is 0 Å². The van der Waals surface area contributed by atoms with Crippen LogP contribution in [0.1, 0.15) is 24.0 Å². The maximum atomic E-state index is 9.08. The lowest BCUT2D eigenvalue weighted by atomic mass is 10.2. The first-order chi connectivity index (χ1) is 7.76. The molecule has 0 saturated heterocycles. The Bertz CT molecular complexity index is 363. The number of anilines is 1. The van der Waals surface area contributed by atoms with E-state index in [1.807, 2.05) is 13.1 Å². The van der Waals surface area contributed by atoms with Gasteiger partial charge in [-0.3, -0.25) is 0 Å². The summed E-state index contributed by atoms with van der Waals surface area (Å²) in [5.74, 6) is 0.994. The van der Waals surface area contributed by atoms with Gasteiger partial charge in [-0.05, 0) is 37.0 Å². The van der Waals surface area contributed by atoms with Gasteiger partial charge < -0.3 is 15.7 Å². The zero-order chi connectivity index (χ0) is 11.5. The number of aliphatic hydroxyl groups is 1. The number of hydrogen-bond acceptors (Lipinski definition) is 4. The fourth-order valence-electron chi connectivity index (χ4n) is 1.99. The summed E-state index contributed by atoms with van der Waals surface area (Å²) < 4.78 is 0. The summed E-state index contributed by atoms with van der Waals surface area (Å²) in [4.78, 5) is 6.67. The molecule has 88 valence electrons. The molecule has 1 fully saturated rings. The normalized spacial score (nSPS) is 15.2. The van der Waals surface area contributed by atoms with Crippen LogP contribution in [-0.4, -0.2) is 29.3 Å². The van der Waals surface area contributed by atoms with E-state index < -0.39 is 0 Å². The molecule has 0 bridgehead atoms. The van der Waals surface area contributed by atoms with Gasteiger partial charge in [-0.25, -0.2) is 4.98 Å². The lowest BCUT2D eigenvalue weighted by molar-refractivity contribution is 0.301. The minimum absolute atomic E-state index is 0.177. The lowest BCUT2D eigenvalue weighted by Crippen LogP contribution is -2.30. The van der Waals surface area contributed by atoms with E-state index in [0.29, 0.717) is 19.1 Å². The van der Waals surface area contributed by atoms with Crippen molar-refractivity contribution in [3.05, 3.63) is 23.4 Å². The SMILES string of the molecule is Cc1cc(CN)cnc1N(CCO)C1CC1. The molecular weight excluding hydrogens is 202 g/mol. The molecular formula is C12H19N3O. The topological polar surface area (TPSA) is 62.4 Å². The first-order valence-corrected chi connectivity index (χ1v) is 5.79. The summed E-state index contributed by atoms with van der Waals surface area (Å²) in [6.45, 7) is 3.42. The van der Waals surface area contributed by atoms with Gasteiger partial charge in [0.15, 0.2) is 0 Å². The van der Waals surface area contributed by atoms with Crippen molar-refractivity contribution >= 4 is 5.82 Å². The average molecular weight is 221 g/mol. The molecule has 0 aliphatic heterocycles. The number of hydrogen-bond donors (Lipinski definition) is 2. The highest BCUT2D eigenvalue weighted by Gasteiger charge is 2.30. The molecule has 3 N–H and O–H groups in total. The third kappa shape index (κ3) is 2.33. The molecule has 2 rings (SSSR count). The Hall–Kier alpha value is -1.13. The fourth-order valence-corrected chi connectivity index (χ4v) is 1.99. The van der Waals surface area contributed by atoms with Crippen molar-refractivity contribution in [1.82, 2.24) is 4.98 Å². The van der Waals surface area contributed by atoms with Crippen LogP contribution < -0.4 is 10.6 Å². The molecule has 0 unspecified atom stereocenters. The predicted molar refractivity (Wildman–Crippen MR) is 64.3 cm³/mol. The zero-order valence-electron chi connectivity index (χ0n) is 9.69. The summed E-state index contributed by atoms with van der Waals surface area (Å²) in [6.07, 6.45) is 4.24. The highest BCUT2D eigenvalue weighted by Crippen LogP contribution is 2.31. The lowest BCUT2D eigenvalue weighted by Gasteiger charge is -2.24. The zero-order valence-corrected chi connectivity index (χ0v) is 9.69. The second-order valence-corrected chi connectivity index (χ2v) is 4.34. The van der Waals surface area contributed by atoms with Crippen LogP contribution in [0.3, 0.4) is 0 Å². The molecule has 4 heteroatoms. The van der Waals surface area contributed by atoms with E-state index in [0.717, 1.165) is 16.9 Å². The highest BCUT2D eigenvalue weighted by molar-refractivity contribution is 5.49. The number of nitrogens with two attached hydrogens (primary N) is 1. The molecule has 0 aromatic carbocycles. The van der Waals surface area contributed by atoms with Crippen molar-refractivity contribution in [2.45, 2.75) is 32.4 Å². The molecule has 0 amide bonds. The van der Waals surface area contributed by atoms with Crippen molar-refractivity contribution in [3.63, 3.8) is 0 Å². The Kier molecular flexibility index (Phi) is 3.41. The van der Waals surface area contributed by atoms with Crippen LogP contribution in [-0.2, 0) is 6.54 Å². The highest BCUT2D eigenvalue weighted by atomic mass is 16.3. The van der Waals surface area contributed by atoms with Crippen molar-refractivity contribution in [3.8, 4) is 0 Å². The molecule has 0 spiro atoms. The molecule has 1 aliphatic carbocycles. The molecule has 0 radical (unpaired) electrons. The van der Waals surface area contributed by atoms with Crippen molar-refractivity contribution in [1.29, 1.82) is 0 Å². The Morgan fingerprint density at radius 1 is 1.56 bits per heavy atom. The second-order valence-electron chi connectivity index (χ2n) is 4.34. The third-order valence-electron chi connectivity index (χ3n) is 2.94. The van der Waals surface area contributed by atoms with E-state index in [1.54, 1.807) is 0 Å². The van der Waals surface area contributed by atoms with Crippen LogP contribution in [0.5, 0.6) is 0 Å². The Morgan fingerprint density at radius 2 is 2.31 bits per heavy atom. The Labute approximate surface area is 96.1 Å². The average Bonchev–Trinajstić information content (AvgIpc) is 3.10. The van der Waals surface area contributed by atoms with E-state index in [-0.39, 0.29) is 6.61 Å². The molecule has 1 aliphatic rings. The van der Waals surface area contributed by atoms with E-state index in [4.69, 9.17) is 10.8 Å². The molecule has 1 heterocycles. The van der Waals surface area contributed by atoms with Crippen LogP contribution in [0.2, 0.25) is 0 Å². The number of aliphatic hydroxyl groups excluding tert-OH is 1. The third-order valence-corrected chi connectivity index (χ3v) is 2.94. The number of nitrogens with zero attached hydrogens (tertiary/aromatic N) is 2. The molecule has 0 atom stereocenters. The van der Waals surface area contributed by atoms with Gasteiger partial charge >= 0.3 is 0 Å². The minimum Gasteiger partial charge on any atom is -0.395 e. The fraction of sp³-hybridized carbons (Fsp3) is 0.583. The van der Waals surface area contributed by atoms with Crippen LogP contribution >= 0.6 is 0 Å². The van der Waals surface area contributed by atoms with E-state index >= 15 is 0 Å². The largest absolute Gasteiger partial charge is 0.395 e. The van der Waals surface area contributed by atoms with Crippen LogP contribution in [0.25, 0.3) is 0 Å². The van der Waals surface area contributed by atoms with Gasteiger partial charge in [0, 0.05) is 25.3 Å². The van der Waals surface area contributed by atoms with Gasteiger partial charge in [0.25, 0.3) is 0 Å². The molecule has 1 aromatic rings. The Morgan fingerprint density at radius 3 is 2.81 bits per heavy atom. The van der Waals surface area contributed by atoms with Gasteiger partial charge in [-0.1, -0.05) is 0 Å². The van der Waals surface area contributed by atoms with E-state index in [2.05, 4.69) is 16.0 Å². The number of aromatic nitrogens is 1. The van der Waals surface area contributed by atoms with E-state index in [9.17, 15) is 0 Å². The first-order valence-electron chi connectivity index (χ1n) is 5.79. The van der Waals surface area contributed by atoms with Gasteiger partial charge in [0.05, 0.1) is 6.61 Å². The molecule has 16 heavy (non-hydrogen) atoms. The summed E-state index contributed by atoms with van der Waals surface area (Å²) in [6, 6.07) is 2.65. The minimum atomic E-state index is 0.177. The molecule has 1 aromatic heterocycles. The monoisotopic (exact) mass is 221 g/mol. The number of aryl methyl sites for hydroxylation is 1. The van der Waals surface area contributed by atoms with Crippen molar-refractivity contribution in [2.24, 2.45) is 5.73 Å². The van der Waals surface area contributed by atoms with Crippen molar-refractivity contribution in [2.75, 3.05) is 18.1 Å². The number of pyridine rings is 1. The summed E-state index contributed by atoms with van der Waals surface area (Å²) in [5, 5.41) is 9.08. The van der Waals surface area contributed by atoms with Gasteiger partial charge in [0.2, 0.25) is 0 Å². The molecule has 1 saturated carbocycles. The van der Waals surface area contributed by atoms with Crippen molar-refractivity contribution < 1.29 is 5.11 Å². The molecule has 4 nitrogen and oxygen atoms in total. The first kappa shape index (κ1) is 11.4. The smallest absolute Gasteiger partial charge is 0.131 e. The van der Waals surface area contributed by atoms with E-state index in [1.165, 1.54) is 12.8 Å². The van der Waals surface area contributed by atoms with Gasteiger partial charge in [-0.2, -0.15) is 0 Å². The quantitative estimate of drug-likeness (QED) is 0.772. The van der Waals surface area contributed by atoms with Crippen LogP contribution in [0, 0.1) is 6.92 Å². The maximum Gasteiger partial charge on any atom is 0.131 e. The predicted octanol–water partition coefficient (Wildman–Crippen LogP) is 0.810. The maximum absolute atomic E-state index is 9.08. The standard InChI is InChI=1S/C12H19N3O/c1-9-6-10(7-13)8-14-12(9)15(4-5-16)11-2-3-11/h6,8,11,16H,2-5,7,13H2,1H3. The summed E-state index contributed by atoms with van der Waals surface area (Å²) >= 11 is 0. The van der Waals surface area contributed by atoms with Gasteiger partial charge in [0.1, 0.15) is 5.82 Å². The van der Waals surface area contributed by atoms with Crippen LogP contribution in [0.4, 0.5) is 5.82 Å². The second kappa shape index (κ2) is 4.80. The van der Waals surface area contributed by atoms with Crippen LogP contribution in [0.15, 0.2) is 12.3 Å².